The second kappa shape index (κ2) is 14.3. The number of amides is 2. The van der Waals surface area contributed by atoms with Gasteiger partial charge in [0.25, 0.3) is 10.0 Å². The molecule has 1 N–H and O–H groups in total. The topological polar surface area (TPSA) is 96.0 Å². The molecule has 236 valence electrons. The van der Waals surface area contributed by atoms with Crippen molar-refractivity contribution < 1.29 is 22.7 Å². The van der Waals surface area contributed by atoms with E-state index in [9.17, 15) is 18.0 Å². The highest BCUT2D eigenvalue weighted by atomic mass is 79.9. The quantitative estimate of drug-likeness (QED) is 0.181. The van der Waals surface area contributed by atoms with Crippen molar-refractivity contribution in [1.82, 2.24) is 10.2 Å². The first kappa shape index (κ1) is 33.7. The summed E-state index contributed by atoms with van der Waals surface area (Å²) >= 11 is 3.47. The Hall–Kier alpha value is -4.15. The highest BCUT2D eigenvalue weighted by Gasteiger charge is 2.33. The molecule has 4 aromatic carbocycles. The average molecular weight is 693 g/mol. The predicted octanol–water partition coefficient (Wildman–Crippen LogP) is 7.08. The van der Waals surface area contributed by atoms with E-state index in [0.29, 0.717) is 11.5 Å². The Kier molecular flexibility index (Phi) is 10.7. The van der Waals surface area contributed by atoms with Gasteiger partial charge in [-0.3, -0.25) is 13.9 Å². The first-order valence-corrected chi connectivity index (χ1v) is 16.7. The van der Waals surface area contributed by atoms with Gasteiger partial charge in [-0.15, -0.1) is 0 Å². The Morgan fingerprint density at radius 3 is 2.09 bits per heavy atom. The third-order valence-electron chi connectivity index (χ3n) is 6.90. The summed E-state index contributed by atoms with van der Waals surface area (Å²) in [7, 11) is -4.19. The molecule has 0 spiro atoms. The number of carbonyl (C=O) groups is 2. The maximum absolute atomic E-state index is 14.2. The maximum Gasteiger partial charge on any atom is 0.264 e. The van der Waals surface area contributed by atoms with Crippen LogP contribution in [-0.4, -0.2) is 43.3 Å². The normalized spacial score (nSPS) is 12.2. The molecule has 0 aliphatic rings. The standard InChI is InChI=1S/C35H38BrN3O5S/c1-25-14-20-32(21-15-25)45(42,43)39(29-16-18-31(19-17-29)44-30-12-7-6-8-13-30)24-33(40)38(23-27-10-9-11-28(36)22-27)26(2)34(41)37-35(3,4)5/h6-22,26H,23-24H2,1-5H3,(H,37,41)/t26-/m0/s1. The minimum atomic E-state index is -4.19. The van der Waals surface area contributed by atoms with E-state index in [1.165, 1.54) is 17.0 Å². The Morgan fingerprint density at radius 1 is 0.867 bits per heavy atom. The van der Waals surface area contributed by atoms with E-state index in [-0.39, 0.29) is 23.0 Å². The molecule has 0 aliphatic carbocycles. The molecule has 10 heteroatoms. The fourth-order valence-corrected chi connectivity index (χ4v) is 6.42. The number of nitrogens with one attached hydrogen (secondary N) is 1. The predicted molar refractivity (Wildman–Crippen MR) is 181 cm³/mol. The fraction of sp³-hybridized carbons (Fsp3) is 0.257. The van der Waals surface area contributed by atoms with Crippen molar-refractivity contribution in [1.29, 1.82) is 0 Å². The SMILES string of the molecule is Cc1ccc(S(=O)(=O)N(CC(=O)N(Cc2cccc(Br)c2)[C@@H](C)C(=O)NC(C)(C)C)c2ccc(Oc3ccccc3)cc2)cc1. The summed E-state index contributed by atoms with van der Waals surface area (Å²) in [5, 5.41) is 2.94. The number of hydrogen-bond acceptors (Lipinski definition) is 5. The molecule has 0 unspecified atom stereocenters. The molecule has 8 nitrogen and oxygen atoms in total. The third-order valence-corrected chi connectivity index (χ3v) is 9.18. The summed E-state index contributed by atoms with van der Waals surface area (Å²) < 4.78 is 36.0. The van der Waals surface area contributed by atoms with Gasteiger partial charge in [0.2, 0.25) is 11.8 Å². The van der Waals surface area contributed by atoms with Gasteiger partial charge in [0, 0.05) is 16.6 Å². The van der Waals surface area contributed by atoms with E-state index in [1.54, 1.807) is 43.3 Å². The Labute approximate surface area is 274 Å². The number of anilines is 1. The lowest BCUT2D eigenvalue weighted by molar-refractivity contribution is -0.140. The highest BCUT2D eigenvalue weighted by molar-refractivity contribution is 9.10. The number of carbonyl (C=O) groups excluding carboxylic acids is 2. The number of ether oxygens (including phenoxy) is 1. The molecular formula is C35H38BrN3O5S. The zero-order chi connectivity index (χ0) is 32.8. The fourth-order valence-electron chi connectivity index (χ4n) is 4.56. The lowest BCUT2D eigenvalue weighted by Gasteiger charge is -2.33. The van der Waals surface area contributed by atoms with Crippen molar-refractivity contribution in [3.63, 3.8) is 0 Å². The van der Waals surface area contributed by atoms with Gasteiger partial charge >= 0.3 is 0 Å². The van der Waals surface area contributed by atoms with Crippen LogP contribution < -0.4 is 14.4 Å². The lowest BCUT2D eigenvalue weighted by atomic mass is 10.1. The van der Waals surface area contributed by atoms with Gasteiger partial charge in [0.05, 0.1) is 10.6 Å². The minimum absolute atomic E-state index is 0.0441. The number of para-hydroxylation sites is 1. The van der Waals surface area contributed by atoms with Gasteiger partial charge in [0.1, 0.15) is 24.1 Å². The first-order valence-electron chi connectivity index (χ1n) is 14.5. The van der Waals surface area contributed by atoms with Crippen LogP contribution in [0, 0.1) is 6.92 Å². The molecule has 4 aromatic rings. The number of sulfonamides is 1. The molecule has 0 bridgehead atoms. The molecule has 0 saturated carbocycles. The van der Waals surface area contributed by atoms with Crippen molar-refractivity contribution in [3.05, 3.63) is 119 Å². The summed E-state index contributed by atoms with van der Waals surface area (Å²) in [5.41, 5.74) is 1.43. The molecule has 2 amide bonds. The summed E-state index contributed by atoms with van der Waals surface area (Å²) in [6.07, 6.45) is 0. The number of rotatable bonds is 11. The molecule has 1 atom stereocenters. The molecule has 0 aromatic heterocycles. The number of hydrogen-bond donors (Lipinski definition) is 1. The van der Waals surface area contributed by atoms with E-state index in [4.69, 9.17) is 4.74 Å². The number of benzene rings is 4. The zero-order valence-corrected chi connectivity index (χ0v) is 28.4. The highest BCUT2D eigenvalue weighted by Crippen LogP contribution is 2.29. The summed E-state index contributed by atoms with van der Waals surface area (Å²) in [6.45, 7) is 8.66. The second-order valence-corrected chi connectivity index (χ2v) is 14.6. The number of aryl methyl sites for hydroxylation is 1. The largest absolute Gasteiger partial charge is 0.457 e. The van der Waals surface area contributed by atoms with Crippen LogP contribution >= 0.6 is 15.9 Å². The summed E-state index contributed by atoms with van der Waals surface area (Å²) in [6, 6.07) is 28.7. The molecule has 0 fully saturated rings. The summed E-state index contributed by atoms with van der Waals surface area (Å²) in [5.74, 6) is 0.260. The van der Waals surface area contributed by atoms with Crippen LogP contribution in [0.15, 0.2) is 112 Å². The van der Waals surface area contributed by atoms with Crippen molar-refractivity contribution in [2.24, 2.45) is 0 Å². The van der Waals surface area contributed by atoms with Crippen LogP contribution in [0.25, 0.3) is 0 Å². The van der Waals surface area contributed by atoms with E-state index < -0.39 is 34.1 Å². The van der Waals surface area contributed by atoms with Crippen LogP contribution in [-0.2, 0) is 26.2 Å². The Morgan fingerprint density at radius 2 is 1.49 bits per heavy atom. The monoisotopic (exact) mass is 691 g/mol. The van der Waals surface area contributed by atoms with Crippen molar-refractivity contribution in [2.45, 2.75) is 57.6 Å². The van der Waals surface area contributed by atoms with Crippen LogP contribution in [0.3, 0.4) is 0 Å². The van der Waals surface area contributed by atoms with Crippen LogP contribution in [0.5, 0.6) is 11.5 Å². The van der Waals surface area contributed by atoms with Crippen molar-refractivity contribution >= 4 is 43.5 Å². The number of halogens is 1. The van der Waals surface area contributed by atoms with E-state index in [2.05, 4.69) is 21.2 Å². The Balaban J connectivity index is 1.71. The lowest BCUT2D eigenvalue weighted by Crippen LogP contribution is -2.54. The zero-order valence-electron chi connectivity index (χ0n) is 26.0. The second-order valence-electron chi connectivity index (χ2n) is 11.8. The van der Waals surface area contributed by atoms with Crippen LogP contribution in [0.2, 0.25) is 0 Å². The van der Waals surface area contributed by atoms with E-state index in [0.717, 1.165) is 19.9 Å². The van der Waals surface area contributed by atoms with Gasteiger partial charge in [0.15, 0.2) is 0 Å². The molecule has 4 rings (SSSR count). The minimum Gasteiger partial charge on any atom is -0.457 e. The van der Waals surface area contributed by atoms with Gasteiger partial charge in [-0.2, -0.15) is 0 Å². The molecule has 0 radical (unpaired) electrons. The molecule has 45 heavy (non-hydrogen) atoms. The van der Waals surface area contributed by atoms with Crippen LogP contribution in [0.1, 0.15) is 38.8 Å². The van der Waals surface area contributed by atoms with E-state index >= 15 is 0 Å². The molecular weight excluding hydrogens is 654 g/mol. The Bertz CT molecular complexity index is 1720. The van der Waals surface area contributed by atoms with Gasteiger partial charge < -0.3 is 15.0 Å². The average Bonchev–Trinajstić information content (AvgIpc) is 2.98. The van der Waals surface area contributed by atoms with E-state index in [1.807, 2.05) is 82.3 Å². The smallest absolute Gasteiger partial charge is 0.264 e. The van der Waals surface area contributed by atoms with Gasteiger partial charge in [-0.05, 0) is 101 Å². The molecule has 0 heterocycles. The van der Waals surface area contributed by atoms with Crippen LogP contribution in [0.4, 0.5) is 5.69 Å². The molecule has 0 saturated heterocycles. The van der Waals surface area contributed by atoms with Gasteiger partial charge in [-0.25, -0.2) is 8.42 Å². The maximum atomic E-state index is 14.2. The first-order chi connectivity index (χ1) is 21.2. The third kappa shape index (κ3) is 9.18. The van der Waals surface area contributed by atoms with Gasteiger partial charge in [-0.1, -0.05) is 64.0 Å². The summed E-state index contributed by atoms with van der Waals surface area (Å²) in [4.78, 5) is 28.9. The van der Waals surface area contributed by atoms with Crippen molar-refractivity contribution in [3.8, 4) is 11.5 Å². The number of nitrogens with zero attached hydrogens (tertiary/aromatic N) is 2. The molecule has 0 aliphatic heterocycles. The van der Waals surface area contributed by atoms with Crippen molar-refractivity contribution in [2.75, 3.05) is 10.8 Å².